The second-order valence-corrected chi connectivity index (χ2v) is 9.74. The van der Waals surface area contributed by atoms with Crippen molar-refractivity contribution in [2.45, 2.75) is 25.3 Å². The van der Waals surface area contributed by atoms with Crippen molar-refractivity contribution in [3.05, 3.63) is 82.6 Å². The monoisotopic (exact) mass is 508 g/mol. The number of aromatic nitrogens is 8. The number of thiazole rings is 1. The van der Waals surface area contributed by atoms with Gasteiger partial charge in [0, 0.05) is 24.0 Å². The first-order valence-corrected chi connectivity index (χ1v) is 12.2. The molecule has 12 heteroatoms. The molecular formula is C23H18ClFN8OS. The van der Waals surface area contributed by atoms with Gasteiger partial charge in [-0.15, -0.1) is 16.4 Å². The summed E-state index contributed by atoms with van der Waals surface area (Å²) in [7, 11) is 0. The van der Waals surface area contributed by atoms with E-state index < -0.39 is 5.82 Å². The van der Waals surface area contributed by atoms with Crippen LogP contribution >= 0.6 is 22.9 Å². The first kappa shape index (κ1) is 21.8. The van der Waals surface area contributed by atoms with Gasteiger partial charge in [0.05, 0.1) is 38.4 Å². The van der Waals surface area contributed by atoms with Gasteiger partial charge in [0.2, 0.25) is 5.69 Å². The van der Waals surface area contributed by atoms with Crippen molar-refractivity contribution in [2.24, 2.45) is 5.92 Å². The van der Waals surface area contributed by atoms with Crippen molar-refractivity contribution in [1.29, 1.82) is 0 Å². The number of halogens is 2. The van der Waals surface area contributed by atoms with E-state index >= 15 is 4.39 Å². The van der Waals surface area contributed by atoms with E-state index in [0.29, 0.717) is 22.9 Å². The lowest BCUT2D eigenvalue weighted by atomic mass is 10.0. The van der Waals surface area contributed by atoms with Crippen molar-refractivity contribution in [3.8, 4) is 27.3 Å². The van der Waals surface area contributed by atoms with E-state index in [9.17, 15) is 5.21 Å². The predicted octanol–water partition coefficient (Wildman–Crippen LogP) is 4.46. The van der Waals surface area contributed by atoms with Gasteiger partial charge in [0.15, 0.2) is 12.0 Å². The number of hydrogen-bond donors (Lipinski definition) is 0. The third-order valence-corrected chi connectivity index (χ3v) is 7.25. The Hall–Kier alpha value is -3.70. The molecule has 6 rings (SSSR count). The molecule has 1 saturated carbocycles. The van der Waals surface area contributed by atoms with Crippen molar-refractivity contribution < 1.29 is 9.12 Å². The minimum atomic E-state index is -0.650. The molecule has 35 heavy (non-hydrogen) atoms. The molecule has 1 aliphatic carbocycles. The molecule has 1 atom stereocenters. The smallest absolute Gasteiger partial charge is 0.217 e. The molecule has 0 radical (unpaired) electrons. The summed E-state index contributed by atoms with van der Waals surface area (Å²) in [5.41, 5.74) is 4.15. The Morgan fingerprint density at radius 1 is 1.20 bits per heavy atom. The topological polar surface area (TPSA) is 101 Å². The molecule has 0 aliphatic heterocycles. The molecular weight excluding hydrogens is 491 g/mol. The predicted molar refractivity (Wildman–Crippen MR) is 127 cm³/mol. The first-order valence-electron chi connectivity index (χ1n) is 11.0. The van der Waals surface area contributed by atoms with Crippen LogP contribution in [0.3, 0.4) is 0 Å². The number of nitrogens with zero attached hydrogens (tertiary/aromatic N) is 8. The molecule has 0 saturated heterocycles. The Kier molecular flexibility index (Phi) is 5.50. The Morgan fingerprint density at radius 2 is 2.09 bits per heavy atom. The Bertz CT molecular complexity index is 1480. The second kappa shape index (κ2) is 8.82. The lowest BCUT2D eigenvalue weighted by Crippen LogP contribution is -2.35. The normalized spacial score (nSPS) is 14.3. The summed E-state index contributed by atoms with van der Waals surface area (Å²) >= 11 is 7.61. The fourth-order valence-corrected chi connectivity index (χ4v) is 4.96. The molecule has 1 fully saturated rings. The van der Waals surface area contributed by atoms with Gasteiger partial charge in [-0.3, -0.25) is 9.67 Å². The van der Waals surface area contributed by atoms with Gasteiger partial charge in [0.25, 0.3) is 0 Å². The van der Waals surface area contributed by atoms with Crippen molar-refractivity contribution >= 4 is 22.9 Å². The average Bonchev–Trinajstić information content (AvgIpc) is 3.31. The van der Waals surface area contributed by atoms with Crippen LogP contribution in [0, 0.1) is 16.9 Å². The quantitative estimate of drug-likeness (QED) is 0.237. The molecule has 0 unspecified atom stereocenters. The van der Waals surface area contributed by atoms with Crippen LogP contribution in [0.4, 0.5) is 4.39 Å². The van der Waals surface area contributed by atoms with E-state index in [-0.39, 0.29) is 16.6 Å². The maximum atomic E-state index is 15.2. The van der Waals surface area contributed by atoms with Crippen LogP contribution in [0.2, 0.25) is 5.02 Å². The molecule has 1 aliphatic rings. The second-order valence-electron chi connectivity index (χ2n) is 8.45. The van der Waals surface area contributed by atoms with Crippen molar-refractivity contribution in [3.63, 3.8) is 0 Å². The van der Waals surface area contributed by atoms with Crippen LogP contribution in [-0.2, 0) is 0 Å². The first-order chi connectivity index (χ1) is 17.1. The van der Waals surface area contributed by atoms with Gasteiger partial charge in [-0.2, -0.15) is 14.5 Å². The standard InChI is InChI=1S/C23H18ClFN8OS/c24-17-4-6-19(32-12-27-29-30-32)22(23(17)25)15-3-5-18(33(34)11-15)20(7-14-1-2-14)31-10-16(8-28-31)21-9-26-13-35-21/h3-6,8-14,20H,1-2,7H2/t20-/m1/s1. The maximum absolute atomic E-state index is 15.2. The zero-order chi connectivity index (χ0) is 23.9. The van der Waals surface area contributed by atoms with Gasteiger partial charge < -0.3 is 5.21 Å². The fourth-order valence-electron chi connectivity index (χ4n) is 4.20. The van der Waals surface area contributed by atoms with Gasteiger partial charge in [-0.25, -0.2) is 4.39 Å². The van der Waals surface area contributed by atoms with Crippen LogP contribution in [0.25, 0.3) is 27.3 Å². The molecule has 9 nitrogen and oxygen atoms in total. The Balaban J connectivity index is 1.41. The molecule has 176 valence electrons. The number of rotatable bonds is 7. The summed E-state index contributed by atoms with van der Waals surface area (Å²) in [5, 5.41) is 28.9. The maximum Gasteiger partial charge on any atom is 0.217 e. The highest BCUT2D eigenvalue weighted by Crippen LogP contribution is 2.39. The summed E-state index contributed by atoms with van der Waals surface area (Å²) in [6.07, 6.45) is 11.3. The van der Waals surface area contributed by atoms with E-state index in [1.54, 1.807) is 36.1 Å². The number of pyridine rings is 1. The van der Waals surface area contributed by atoms with E-state index in [4.69, 9.17) is 11.6 Å². The average molecular weight is 509 g/mol. The largest absolute Gasteiger partial charge is 0.618 e. The van der Waals surface area contributed by atoms with Crippen molar-refractivity contribution in [1.82, 2.24) is 35.0 Å². The Labute approximate surface area is 208 Å². The van der Waals surface area contributed by atoms with Gasteiger partial charge in [0.1, 0.15) is 12.4 Å². The number of tetrazole rings is 1. The lowest BCUT2D eigenvalue weighted by Gasteiger charge is -2.18. The van der Waals surface area contributed by atoms with Crippen LogP contribution in [0.15, 0.2) is 60.9 Å². The Morgan fingerprint density at radius 3 is 2.80 bits per heavy atom. The van der Waals surface area contributed by atoms with Crippen LogP contribution < -0.4 is 4.73 Å². The highest BCUT2D eigenvalue weighted by atomic mass is 35.5. The summed E-state index contributed by atoms with van der Waals surface area (Å²) in [6, 6.07) is 6.24. The lowest BCUT2D eigenvalue weighted by molar-refractivity contribution is -0.615. The van der Waals surface area contributed by atoms with E-state index in [1.807, 2.05) is 10.9 Å². The summed E-state index contributed by atoms with van der Waals surface area (Å²) in [5.74, 6) is -0.101. The molecule has 0 amide bonds. The molecule has 4 heterocycles. The zero-order valence-corrected chi connectivity index (χ0v) is 19.8. The highest BCUT2D eigenvalue weighted by molar-refractivity contribution is 7.13. The van der Waals surface area contributed by atoms with Gasteiger partial charge in [-0.05, 0) is 41.0 Å². The highest BCUT2D eigenvalue weighted by Gasteiger charge is 2.32. The molecule has 0 spiro atoms. The van der Waals surface area contributed by atoms with E-state index in [1.165, 1.54) is 34.6 Å². The zero-order valence-electron chi connectivity index (χ0n) is 18.2. The van der Waals surface area contributed by atoms with Crippen molar-refractivity contribution in [2.75, 3.05) is 0 Å². The third kappa shape index (κ3) is 4.17. The SMILES string of the molecule is [O-][n+]1cc(-c2c(-n3cnnn3)ccc(Cl)c2F)ccc1[C@@H](CC1CC1)n1cc(-c2cncs2)cn1. The van der Waals surface area contributed by atoms with Crippen LogP contribution in [0.1, 0.15) is 31.0 Å². The number of hydrogen-bond acceptors (Lipinski definition) is 7. The van der Waals surface area contributed by atoms with Crippen LogP contribution in [0.5, 0.6) is 0 Å². The van der Waals surface area contributed by atoms with Gasteiger partial charge >= 0.3 is 0 Å². The molecule has 0 bridgehead atoms. The van der Waals surface area contributed by atoms with Gasteiger partial charge in [-0.1, -0.05) is 24.4 Å². The minimum Gasteiger partial charge on any atom is -0.618 e. The van der Waals surface area contributed by atoms with E-state index in [2.05, 4.69) is 25.6 Å². The minimum absolute atomic E-state index is 0.0582. The molecule has 5 aromatic rings. The van der Waals surface area contributed by atoms with E-state index in [0.717, 1.165) is 34.4 Å². The summed E-state index contributed by atoms with van der Waals surface area (Å²) in [6.45, 7) is 0. The third-order valence-electron chi connectivity index (χ3n) is 6.13. The molecule has 0 N–H and O–H groups in total. The molecule has 4 aromatic heterocycles. The summed E-state index contributed by atoms with van der Waals surface area (Å²) in [4.78, 5) is 5.15. The summed E-state index contributed by atoms with van der Waals surface area (Å²) < 4.78 is 19.1. The van der Waals surface area contributed by atoms with Crippen LogP contribution in [-0.4, -0.2) is 35.0 Å². The number of benzene rings is 1. The fraction of sp³-hybridized carbons (Fsp3) is 0.217. The molecule has 1 aromatic carbocycles.